The number of oxime groups is 1. The zero-order valence-electron chi connectivity index (χ0n) is 12.1. The van der Waals surface area contributed by atoms with Crippen LogP contribution < -0.4 is 10.6 Å². The van der Waals surface area contributed by atoms with Crippen LogP contribution in [0.25, 0.3) is 0 Å². The van der Waals surface area contributed by atoms with E-state index in [0.29, 0.717) is 6.04 Å². The van der Waals surface area contributed by atoms with Crippen molar-refractivity contribution in [1.29, 1.82) is 0 Å². The lowest BCUT2D eigenvalue weighted by molar-refractivity contribution is 0.318. The molecule has 1 rings (SSSR count). The Morgan fingerprint density at radius 1 is 1.53 bits per heavy atom. The minimum Gasteiger partial charge on any atom is -0.409 e. The van der Waals surface area contributed by atoms with Crippen LogP contribution in [0.5, 0.6) is 0 Å². The molecule has 0 fully saturated rings. The second-order valence-electron chi connectivity index (χ2n) is 4.75. The van der Waals surface area contributed by atoms with Gasteiger partial charge in [-0.05, 0) is 50.0 Å². The first kappa shape index (κ1) is 15.7. The molecule has 1 atom stereocenters. The quantitative estimate of drug-likeness (QED) is 0.364. The summed E-state index contributed by atoms with van der Waals surface area (Å²) in [6.07, 6.45) is 3.21. The van der Waals surface area contributed by atoms with E-state index in [0.717, 1.165) is 29.0 Å². The zero-order chi connectivity index (χ0) is 14.4. The maximum absolute atomic E-state index is 8.88. The highest BCUT2D eigenvalue weighted by atomic mass is 32.2. The van der Waals surface area contributed by atoms with Gasteiger partial charge in [0.25, 0.3) is 0 Å². The Kier molecular flexibility index (Phi) is 6.02. The molecule has 1 aromatic carbocycles. The molecular weight excluding hydrogens is 258 g/mol. The molecule has 1 unspecified atom stereocenters. The summed E-state index contributed by atoms with van der Waals surface area (Å²) < 4.78 is 0. The van der Waals surface area contributed by atoms with Gasteiger partial charge in [-0.2, -0.15) is 11.8 Å². The van der Waals surface area contributed by atoms with Crippen LogP contribution in [0.15, 0.2) is 23.4 Å². The van der Waals surface area contributed by atoms with E-state index < -0.39 is 0 Å². The van der Waals surface area contributed by atoms with Gasteiger partial charge in [-0.1, -0.05) is 11.2 Å². The van der Waals surface area contributed by atoms with Crippen molar-refractivity contribution in [3.63, 3.8) is 0 Å². The standard InChI is InChI=1S/C14H23N3OS/c1-10-5-6-12(14(15)16-18)13(9-10)17(3)11(2)7-8-19-4/h5-6,9,11,18H,7-8H2,1-4H3,(H2,15,16). The molecular formula is C14H23N3OS. The van der Waals surface area contributed by atoms with Crippen LogP contribution in [-0.2, 0) is 0 Å². The minimum atomic E-state index is 0.152. The Morgan fingerprint density at radius 3 is 2.79 bits per heavy atom. The van der Waals surface area contributed by atoms with Gasteiger partial charge < -0.3 is 15.8 Å². The normalized spacial score (nSPS) is 13.4. The largest absolute Gasteiger partial charge is 0.409 e. The summed E-state index contributed by atoms with van der Waals surface area (Å²) in [5.41, 5.74) is 8.69. The van der Waals surface area contributed by atoms with Crippen molar-refractivity contribution >= 4 is 23.3 Å². The Hall–Kier alpha value is -1.36. The molecule has 0 amide bonds. The average Bonchev–Trinajstić information content (AvgIpc) is 2.42. The van der Waals surface area contributed by atoms with Gasteiger partial charge in [0.2, 0.25) is 0 Å². The monoisotopic (exact) mass is 281 g/mol. The lowest BCUT2D eigenvalue weighted by atomic mass is 10.1. The molecule has 5 heteroatoms. The Balaban J connectivity index is 3.06. The Morgan fingerprint density at radius 2 is 2.21 bits per heavy atom. The third-order valence-electron chi connectivity index (χ3n) is 3.32. The fourth-order valence-corrected chi connectivity index (χ4v) is 2.50. The van der Waals surface area contributed by atoms with Gasteiger partial charge in [-0.3, -0.25) is 0 Å². The Bertz CT molecular complexity index is 448. The van der Waals surface area contributed by atoms with E-state index in [1.807, 2.05) is 37.9 Å². The van der Waals surface area contributed by atoms with E-state index in [-0.39, 0.29) is 5.84 Å². The van der Waals surface area contributed by atoms with Crippen molar-refractivity contribution in [2.45, 2.75) is 26.3 Å². The van der Waals surface area contributed by atoms with Crippen LogP contribution in [0.1, 0.15) is 24.5 Å². The molecule has 106 valence electrons. The predicted molar refractivity (Wildman–Crippen MR) is 84.6 cm³/mol. The summed E-state index contributed by atoms with van der Waals surface area (Å²) in [7, 11) is 2.05. The van der Waals surface area contributed by atoms with Crippen molar-refractivity contribution in [3.05, 3.63) is 29.3 Å². The second kappa shape index (κ2) is 7.28. The van der Waals surface area contributed by atoms with Crippen molar-refractivity contribution in [1.82, 2.24) is 0 Å². The molecule has 0 heterocycles. The summed E-state index contributed by atoms with van der Waals surface area (Å²) in [4.78, 5) is 2.19. The number of aryl methyl sites for hydroxylation is 1. The van der Waals surface area contributed by atoms with Crippen LogP contribution in [0.3, 0.4) is 0 Å². The van der Waals surface area contributed by atoms with Crippen molar-refractivity contribution in [2.24, 2.45) is 10.9 Å². The number of nitrogens with zero attached hydrogens (tertiary/aromatic N) is 2. The second-order valence-corrected chi connectivity index (χ2v) is 5.73. The zero-order valence-corrected chi connectivity index (χ0v) is 12.9. The Labute approximate surface area is 119 Å². The van der Waals surface area contributed by atoms with E-state index in [1.54, 1.807) is 0 Å². The molecule has 0 aliphatic rings. The van der Waals surface area contributed by atoms with Crippen LogP contribution in [0.4, 0.5) is 5.69 Å². The number of thioether (sulfide) groups is 1. The molecule has 1 aromatic rings. The molecule has 4 nitrogen and oxygen atoms in total. The molecule has 0 bridgehead atoms. The molecule has 0 spiro atoms. The van der Waals surface area contributed by atoms with E-state index in [4.69, 9.17) is 10.9 Å². The van der Waals surface area contributed by atoms with Crippen LogP contribution in [0.2, 0.25) is 0 Å². The summed E-state index contributed by atoms with van der Waals surface area (Å²) in [5, 5.41) is 12.0. The van der Waals surface area contributed by atoms with E-state index >= 15 is 0 Å². The average molecular weight is 281 g/mol. The molecule has 19 heavy (non-hydrogen) atoms. The molecule has 3 N–H and O–H groups in total. The minimum absolute atomic E-state index is 0.152. The summed E-state index contributed by atoms with van der Waals surface area (Å²) >= 11 is 1.85. The maximum Gasteiger partial charge on any atom is 0.172 e. The summed E-state index contributed by atoms with van der Waals surface area (Å²) in [6.45, 7) is 4.23. The summed E-state index contributed by atoms with van der Waals surface area (Å²) in [5.74, 6) is 1.27. The van der Waals surface area contributed by atoms with E-state index in [9.17, 15) is 0 Å². The number of anilines is 1. The van der Waals surface area contributed by atoms with Gasteiger partial charge >= 0.3 is 0 Å². The number of benzene rings is 1. The molecule has 0 saturated carbocycles. The van der Waals surface area contributed by atoms with E-state index in [1.165, 1.54) is 0 Å². The highest BCUT2D eigenvalue weighted by Gasteiger charge is 2.15. The summed E-state index contributed by atoms with van der Waals surface area (Å²) in [6, 6.07) is 6.34. The van der Waals surface area contributed by atoms with Gasteiger partial charge in [0.05, 0.1) is 0 Å². The lowest BCUT2D eigenvalue weighted by Gasteiger charge is -2.29. The maximum atomic E-state index is 8.88. The smallest absolute Gasteiger partial charge is 0.172 e. The van der Waals surface area contributed by atoms with Gasteiger partial charge in [0.1, 0.15) is 0 Å². The number of rotatable bonds is 6. The topological polar surface area (TPSA) is 61.8 Å². The third-order valence-corrected chi connectivity index (χ3v) is 3.96. The van der Waals surface area contributed by atoms with Crippen LogP contribution in [-0.4, -0.2) is 36.1 Å². The van der Waals surface area contributed by atoms with Gasteiger partial charge in [0.15, 0.2) is 5.84 Å². The highest BCUT2D eigenvalue weighted by Crippen LogP contribution is 2.24. The first-order valence-electron chi connectivity index (χ1n) is 6.31. The predicted octanol–water partition coefficient (Wildman–Crippen LogP) is 2.67. The van der Waals surface area contributed by atoms with Gasteiger partial charge in [-0.15, -0.1) is 0 Å². The van der Waals surface area contributed by atoms with Gasteiger partial charge in [-0.25, -0.2) is 0 Å². The van der Waals surface area contributed by atoms with Crippen molar-refractivity contribution in [2.75, 3.05) is 24.0 Å². The first-order valence-corrected chi connectivity index (χ1v) is 7.71. The molecule has 0 aliphatic carbocycles. The van der Waals surface area contributed by atoms with E-state index in [2.05, 4.69) is 29.3 Å². The fraction of sp³-hybridized carbons (Fsp3) is 0.500. The van der Waals surface area contributed by atoms with Crippen LogP contribution in [0, 0.1) is 6.92 Å². The number of amidine groups is 1. The van der Waals surface area contributed by atoms with Crippen molar-refractivity contribution < 1.29 is 5.21 Å². The third kappa shape index (κ3) is 4.06. The van der Waals surface area contributed by atoms with Crippen LogP contribution >= 0.6 is 11.8 Å². The lowest BCUT2D eigenvalue weighted by Crippen LogP contribution is -2.31. The molecule has 0 aromatic heterocycles. The molecule has 0 saturated heterocycles. The SMILES string of the molecule is CSCCC(C)N(C)c1cc(C)ccc1/C(N)=N/O. The molecule has 0 aliphatic heterocycles. The van der Waals surface area contributed by atoms with Gasteiger partial charge in [0, 0.05) is 24.3 Å². The number of hydrogen-bond donors (Lipinski definition) is 2. The fourth-order valence-electron chi connectivity index (χ4n) is 1.92. The van der Waals surface area contributed by atoms with Crippen molar-refractivity contribution in [3.8, 4) is 0 Å². The highest BCUT2D eigenvalue weighted by molar-refractivity contribution is 7.98. The number of hydrogen-bond acceptors (Lipinski definition) is 4. The first-order chi connectivity index (χ1) is 9.01. The number of nitrogens with two attached hydrogens (primary N) is 1. The molecule has 0 radical (unpaired) electrons.